The van der Waals surface area contributed by atoms with Crippen molar-refractivity contribution in [2.45, 2.75) is 26.7 Å². The Morgan fingerprint density at radius 1 is 1.28 bits per heavy atom. The highest BCUT2D eigenvalue weighted by atomic mass is 32.2. The van der Waals surface area contributed by atoms with Crippen molar-refractivity contribution >= 4 is 46.3 Å². The Kier molecular flexibility index (Phi) is 7.46. The fraction of sp³-hybridized carbons (Fsp3) is 0.389. The SMILES string of the molecule is CCCCOc1ccc(/C=C2\SC(=S)N(CC(=O)OCC)C2=O)cc1. The number of thiocarbonyl (C=S) groups is 1. The van der Waals surface area contributed by atoms with Crippen LogP contribution in [0, 0.1) is 0 Å². The van der Waals surface area contributed by atoms with Gasteiger partial charge in [-0.2, -0.15) is 0 Å². The summed E-state index contributed by atoms with van der Waals surface area (Å²) in [5.74, 6) is 0.0698. The first-order chi connectivity index (χ1) is 12.0. The van der Waals surface area contributed by atoms with Gasteiger partial charge in [-0.15, -0.1) is 0 Å². The Morgan fingerprint density at radius 3 is 2.64 bits per heavy atom. The summed E-state index contributed by atoms with van der Waals surface area (Å²) >= 11 is 6.38. The van der Waals surface area contributed by atoms with Crippen molar-refractivity contribution in [2.75, 3.05) is 19.8 Å². The zero-order valence-electron chi connectivity index (χ0n) is 14.3. The van der Waals surface area contributed by atoms with Crippen LogP contribution in [0.15, 0.2) is 29.2 Å². The number of unbranched alkanes of at least 4 members (excludes halogenated alkanes) is 1. The van der Waals surface area contributed by atoms with Gasteiger partial charge >= 0.3 is 5.97 Å². The van der Waals surface area contributed by atoms with Crippen LogP contribution in [-0.2, 0) is 14.3 Å². The van der Waals surface area contributed by atoms with Gasteiger partial charge in [0.1, 0.15) is 16.6 Å². The summed E-state index contributed by atoms with van der Waals surface area (Å²) in [4.78, 5) is 25.8. The summed E-state index contributed by atoms with van der Waals surface area (Å²) in [6.07, 6.45) is 3.87. The minimum atomic E-state index is -0.464. The maximum Gasteiger partial charge on any atom is 0.326 e. The van der Waals surface area contributed by atoms with Crippen LogP contribution in [0.3, 0.4) is 0 Å². The third kappa shape index (κ3) is 5.57. The second kappa shape index (κ2) is 9.58. The van der Waals surface area contributed by atoms with Gasteiger partial charge in [-0.3, -0.25) is 14.5 Å². The summed E-state index contributed by atoms with van der Waals surface area (Å²) in [5, 5.41) is 0. The lowest BCUT2D eigenvalue weighted by Crippen LogP contribution is -2.34. The smallest absolute Gasteiger partial charge is 0.326 e. The Bertz CT molecular complexity index is 670. The molecule has 1 heterocycles. The van der Waals surface area contributed by atoms with Crippen LogP contribution in [0.4, 0.5) is 0 Å². The van der Waals surface area contributed by atoms with E-state index in [9.17, 15) is 9.59 Å². The van der Waals surface area contributed by atoms with E-state index in [2.05, 4.69) is 6.92 Å². The van der Waals surface area contributed by atoms with E-state index in [0.717, 1.165) is 24.2 Å². The molecule has 0 atom stereocenters. The maximum atomic E-state index is 12.4. The quantitative estimate of drug-likeness (QED) is 0.298. The Hall–Kier alpha value is -1.86. The summed E-state index contributed by atoms with van der Waals surface area (Å²) < 4.78 is 10.9. The fourth-order valence-electron chi connectivity index (χ4n) is 2.12. The number of carbonyl (C=O) groups is 2. The van der Waals surface area contributed by atoms with E-state index in [-0.39, 0.29) is 19.1 Å². The van der Waals surface area contributed by atoms with E-state index in [1.165, 1.54) is 16.7 Å². The number of rotatable bonds is 8. The maximum absolute atomic E-state index is 12.4. The Balaban J connectivity index is 2.02. The topological polar surface area (TPSA) is 55.8 Å². The molecule has 1 aromatic rings. The normalized spacial score (nSPS) is 15.8. The standard InChI is InChI=1S/C18H21NO4S2/c1-3-5-10-23-14-8-6-13(7-9-14)11-15-17(21)19(18(24)25-15)12-16(20)22-4-2/h6-9,11H,3-5,10,12H2,1-2H3/b15-11-. The molecule has 1 aliphatic rings. The molecule has 1 saturated heterocycles. The molecule has 7 heteroatoms. The van der Waals surface area contributed by atoms with E-state index in [0.29, 0.717) is 15.8 Å². The Morgan fingerprint density at radius 2 is 2.00 bits per heavy atom. The zero-order chi connectivity index (χ0) is 18.2. The Labute approximate surface area is 157 Å². The van der Waals surface area contributed by atoms with Crippen LogP contribution >= 0.6 is 24.0 Å². The minimum Gasteiger partial charge on any atom is -0.494 e. The molecule has 0 radical (unpaired) electrons. The molecule has 0 aromatic heterocycles. The van der Waals surface area contributed by atoms with Gasteiger partial charge in [-0.25, -0.2) is 0 Å². The molecule has 1 fully saturated rings. The van der Waals surface area contributed by atoms with Crippen LogP contribution in [0.2, 0.25) is 0 Å². The van der Waals surface area contributed by atoms with Gasteiger partial charge in [-0.05, 0) is 37.1 Å². The molecule has 0 aliphatic carbocycles. The van der Waals surface area contributed by atoms with Crippen LogP contribution in [0.5, 0.6) is 5.75 Å². The first-order valence-corrected chi connectivity index (χ1v) is 9.41. The van der Waals surface area contributed by atoms with Crippen molar-refractivity contribution in [1.29, 1.82) is 0 Å². The summed E-state index contributed by atoms with van der Waals surface area (Å²) in [6.45, 7) is 4.65. The summed E-state index contributed by atoms with van der Waals surface area (Å²) in [7, 11) is 0. The number of thioether (sulfide) groups is 1. The minimum absolute atomic E-state index is 0.153. The molecular formula is C18H21NO4S2. The predicted molar refractivity (Wildman–Crippen MR) is 103 cm³/mol. The molecule has 0 unspecified atom stereocenters. The number of hydrogen-bond acceptors (Lipinski definition) is 6. The first kappa shape index (κ1) is 19.5. The monoisotopic (exact) mass is 379 g/mol. The van der Waals surface area contributed by atoms with Gasteiger partial charge in [0.25, 0.3) is 5.91 Å². The van der Waals surface area contributed by atoms with Crippen LogP contribution in [-0.4, -0.2) is 40.9 Å². The van der Waals surface area contributed by atoms with Gasteiger partial charge < -0.3 is 9.47 Å². The van der Waals surface area contributed by atoms with Crippen LogP contribution in [0.1, 0.15) is 32.3 Å². The molecule has 1 aromatic carbocycles. The molecule has 2 rings (SSSR count). The third-order valence-electron chi connectivity index (χ3n) is 3.41. The van der Waals surface area contributed by atoms with Crippen molar-refractivity contribution in [3.8, 4) is 5.75 Å². The highest BCUT2D eigenvalue weighted by molar-refractivity contribution is 8.26. The molecule has 25 heavy (non-hydrogen) atoms. The van der Waals surface area contributed by atoms with Crippen molar-refractivity contribution in [3.63, 3.8) is 0 Å². The van der Waals surface area contributed by atoms with E-state index in [1.54, 1.807) is 13.0 Å². The number of ether oxygens (including phenoxy) is 2. The average molecular weight is 380 g/mol. The highest BCUT2D eigenvalue weighted by Crippen LogP contribution is 2.32. The third-order valence-corrected chi connectivity index (χ3v) is 4.79. The lowest BCUT2D eigenvalue weighted by Gasteiger charge is -2.12. The van der Waals surface area contributed by atoms with Crippen LogP contribution in [0.25, 0.3) is 6.08 Å². The van der Waals surface area contributed by atoms with E-state index >= 15 is 0 Å². The van der Waals surface area contributed by atoms with Gasteiger partial charge in [0.05, 0.1) is 18.1 Å². The number of nitrogens with zero attached hydrogens (tertiary/aromatic N) is 1. The van der Waals surface area contributed by atoms with Gasteiger partial charge in [-0.1, -0.05) is 49.5 Å². The van der Waals surface area contributed by atoms with E-state index in [1.807, 2.05) is 24.3 Å². The van der Waals surface area contributed by atoms with E-state index < -0.39 is 5.97 Å². The molecule has 0 saturated carbocycles. The van der Waals surface area contributed by atoms with E-state index in [4.69, 9.17) is 21.7 Å². The van der Waals surface area contributed by atoms with Gasteiger partial charge in [0.2, 0.25) is 0 Å². The predicted octanol–water partition coefficient (Wildman–Crippen LogP) is 3.63. The molecule has 0 N–H and O–H groups in total. The second-order valence-corrected chi connectivity index (χ2v) is 7.02. The molecule has 134 valence electrons. The van der Waals surface area contributed by atoms with Gasteiger partial charge in [0, 0.05) is 0 Å². The lowest BCUT2D eigenvalue weighted by atomic mass is 10.2. The molecule has 1 amide bonds. The largest absolute Gasteiger partial charge is 0.494 e. The molecule has 5 nitrogen and oxygen atoms in total. The number of amides is 1. The summed E-state index contributed by atoms with van der Waals surface area (Å²) in [6, 6.07) is 7.53. The molecule has 0 bridgehead atoms. The lowest BCUT2D eigenvalue weighted by molar-refractivity contribution is -0.145. The number of hydrogen-bond donors (Lipinski definition) is 0. The molecule has 1 aliphatic heterocycles. The highest BCUT2D eigenvalue weighted by Gasteiger charge is 2.33. The molecular weight excluding hydrogens is 358 g/mol. The van der Waals surface area contributed by atoms with Crippen molar-refractivity contribution in [3.05, 3.63) is 34.7 Å². The van der Waals surface area contributed by atoms with Crippen molar-refractivity contribution < 1.29 is 19.1 Å². The number of benzene rings is 1. The number of carbonyl (C=O) groups excluding carboxylic acids is 2. The fourth-order valence-corrected chi connectivity index (χ4v) is 3.37. The molecule has 0 spiro atoms. The summed E-state index contributed by atoms with van der Waals surface area (Å²) in [5.41, 5.74) is 0.875. The second-order valence-electron chi connectivity index (χ2n) is 5.34. The van der Waals surface area contributed by atoms with Crippen LogP contribution < -0.4 is 4.74 Å². The first-order valence-electron chi connectivity index (χ1n) is 8.19. The van der Waals surface area contributed by atoms with Crippen molar-refractivity contribution in [1.82, 2.24) is 4.90 Å². The average Bonchev–Trinajstić information content (AvgIpc) is 2.84. The van der Waals surface area contributed by atoms with Gasteiger partial charge in [0.15, 0.2) is 0 Å². The zero-order valence-corrected chi connectivity index (χ0v) is 16.0. The van der Waals surface area contributed by atoms with Crippen molar-refractivity contribution in [2.24, 2.45) is 0 Å². The number of esters is 1.